The summed E-state index contributed by atoms with van der Waals surface area (Å²) in [5, 5.41) is 11.6. The van der Waals surface area contributed by atoms with E-state index in [9.17, 15) is 9.59 Å². The number of nitrogens with zero attached hydrogens (tertiary/aromatic N) is 1. The van der Waals surface area contributed by atoms with Crippen molar-refractivity contribution >= 4 is 41.5 Å². The minimum atomic E-state index is -0.429. The third-order valence-electron chi connectivity index (χ3n) is 2.86. The second kappa shape index (κ2) is 8.46. The Morgan fingerprint density at radius 1 is 1.48 bits per heavy atom. The van der Waals surface area contributed by atoms with Crippen molar-refractivity contribution in [2.24, 2.45) is 0 Å². The highest BCUT2D eigenvalue weighted by Gasteiger charge is 2.27. The zero-order valence-corrected chi connectivity index (χ0v) is 13.9. The quantitative estimate of drug-likeness (QED) is 0.826. The molecular formula is C16H14N2O3S2. The maximum absolute atomic E-state index is 12.0. The van der Waals surface area contributed by atoms with Crippen LogP contribution in [0.5, 0.6) is 0 Å². The zero-order valence-electron chi connectivity index (χ0n) is 12.3. The van der Waals surface area contributed by atoms with Gasteiger partial charge < -0.3 is 10.1 Å². The summed E-state index contributed by atoms with van der Waals surface area (Å²) in [5.41, 5.74) is 1.05. The molecule has 1 amide bonds. The van der Waals surface area contributed by atoms with Gasteiger partial charge in [-0.2, -0.15) is 5.26 Å². The lowest BCUT2D eigenvalue weighted by atomic mass is 10.2. The van der Waals surface area contributed by atoms with Crippen molar-refractivity contribution in [1.82, 2.24) is 5.32 Å². The number of amides is 1. The number of hydrogen-bond acceptors (Lipinski definition) is 6. The van der Waals surface area contributed by atoms with Gasteiger partial charge in [0.25, 0.3) is 5.91 Å². The van der Waals surface area contributed by atoms with Gasteiger partial charge in [-0.05, 0) is 5.56 Å². The van der Waals surface area contributed by atoms with Gasteiger partial charge in [-0.25, -0.2) is 0 Å². The first-order valence-corrected chi connectivity index (χ1v) is 8.55. The van der Waals surface area contributed by atoms with Crippen LogP contribution in [0.3, 0.4) is 0 Å². The lowest BCUT2D eigenvalue weighted by Gasteiger charge is -2.22. The third-order valence-corrected chi connectivity index (χ3v) is 5.30. The molecule has 1 aromatic carbocycles. The molecule has 0 radical (unpaired) electrons. The van der Waals surface area contributed by atoms with E-state index in [2.05, 4.69) is 10.1 Å². The lowest BCUT2D eigenvalue weighted by Crippen LogP contribution is -2.35. The Morgan fingerprint density at radius 3 is 2.87 bits per heavy atom. The van der Waals surface area contributed by atoms with Gasteiger partial charge >= 0.3 is 5.97 Å². The van der Waals surface area contributed by atoms with E-state index in [1.54, 1.807) is 0 Å². The summed E-state index contributed by atoms with van der Waals surface area (Å²) in [7, 11) is 1.30. The van der Waals surface area contributed by atoms with Gasteiger partial charge in [0.1, 0.15) is 11.6 Å². The summed E-state index contributed by atoms with van der Waals surface area (Å²) < 4.78 is 5.11. The van der Waals surface area contributed by atoms with E-state index in [0.717, 1.165) is 17.3 Å². The molecule has 0 bridgehead atoms. The minimum Gasteiger partial charge on any atom is -0.468 e. The van der Waals surface area contributed by atoms with Crippen LogP contribution in [-0.4, -0.2) is 30.1 Å². The van der Waals surface area contributed by atoms with E-state index < -0.39 is 11.9 Å². The van der Waals surface area contributed by atoms with Crippen LogP contribution in [0.4, 0.5) is 0 Å². The number of thioether (sulfide) groups is 2. The minimum absolute atomic E-state index is 0.0354. The Hall–Kier alpha value is -2.17. The highest BCUT2D eigenvalue weighted by Crippen LogP contribution is 2.37. The third kappa shape index (κ3) is 4.91. The smallest absolute Gasteiger partial charge is 0.316 e. The molecule has 0 saturated carbocycles. The number of methoxy groups -OCH3 is 1. The molecule has 5 nitrogen and oxygen atoms in total. The maximum atomic E-state index is 12.0. The van der Waals surface area contributed by atoms with E-state index in [1.165, 1.54) is 18.9 Å². The van der Waals surface area contributed by atoms with Crippen molar-refractivity contribution in [3.63, 3.8) is 0 Å². The molecule has 118 valence electrons. The molecule has 0 fully saturated rings. The molecule has 7 heteroatoms. The second-order valence-electron chi connectivity index (χ2n) is 4.42. The fraction of sp³-hybridized carbons (Fsp3) is 0.188. The lowest BCUT2D eigenvalue weighted by molar-refractivity contribution is -0.137. The maximum Gasteiger partial charge on any atom is 0.316 e. The molecule has 1 aliphatic heterocycles. The first-order chi connectivity index (χ1) is 11.1. The van der Waals surface area contributed by atoms with E-state index in [4.69, 9.17) is 5.26 Å². The normalized spacial score (nSPS) is 17.7. The topological polar surface area (TPSA) is 79.2 Å². The molecular weight excluding hydrogens is 332 g/mol. The van der Waals surface area contributed by atoms with E-state index in [0.29, 0.717) is 4.24 Å². The molecule has 1 heterocycles. The fourth-order valence-electron chi connectivity index (χ4n) is 1.73. The number of hydrogen-bond donors (Lipinski definition) is 1. The van der Waals surface area contributed by atoms with Crippen LogP contribution >= 0.6 is 23.5 Å². The van der Waals surface area contributed by atoms with E-state index in [-0.39, 0.29) is 16.7 Å². The number of nitriles is 1. The predicted octanol–water partition coefficient (Wildman–Crippen LogP) is 2.53. The number of carbonyl (C=O) groups excluding carboxylic acids is 2. The number of nitrogens with one attached hydrogen (secondary N) is 1. The van der Waals surface area contributed by atoms with Crippen molar-refractivity contribution < 1.29 is 14.3 Å². The first kappa shape index (κ1) is 17.2. The molecule has 23 heavy (non-hydrogen) atoms. The number of carbonyl (C=O) groups is 2. The van der Waals surface area contributed by atoms with Gasteiger partial charge in [0.15, 0.2) is 0 Å². The van der Waals surface area contributed by atoms with Crippen LogP contribution in [0.1, 0.15) is 5.56 Å². The van der Waals surface area contributed by atoms with Crippen LogP contribution in [0, 0.1) is 11.3 Å². The molecule has 1 unspecified atom stereocenters. The van der Waals surface area contributed by atoms with Crippen LogP contribution in [0.2, 0.25) is 0 Å². The van der Waals surface area contributed by atoms with Gasteiger partial charge in [-0.1, -0.05) is 54.2 Å². The number of ether oxygens (including phenoxy) is 1. The Balaban J connectivity index is 2.10. The van der Waals surface area contributed by atoms with Gasteiger partial charge in [-0.3, -0.25) is 9.59 Å². The van der Waals surface area contributed by atoms with Crippen molar-refractivity contribution in [3.05, 3.63) is 51.8 Å². The van der Waals surface area contributed by atoms with Crippen molar-refractivity contribution in [3.8, 4) is 6.07 Å². The van der Waals surface area contributed by atoms with Gasteiger partial charge in [-0.15, -0.1) is 11.8 Å². The molecule has 0 aromatic heterocycles. The summed E-state index contributed by atoms with van der Waals surface area (Å²) in [4.78, 5) is 23.3. The van der Waals surface area contributed by atoms with Gasteiger partial charge in [0.05, 0.1) is 22.5 Å². The second-order valence-corrected chi connectivity index (χ2v) is 6.82. The number of benzene rings is 1. The number of esters is 1. The van der Waals surface area contributed by atoms with E-state index in [1.807, 2.05) is 48.6 Å². The summed E-state index contributed by atoms with van der Waals surface area (Å²) in [6, 6.07) is 11.6. The van der Waals surface area contributed by atoms with Crippen molar-refractivity contribution in [2.45, 2.75) is 5.37 Å². The molecule has 1 atom stereocenters. The van der Waals surface area contributed by atoms with Gasteiger partial charge in [0, 0.05) is 0 Å². The molecule has 1 aromatic rings. The summed E-state index contributed by atoms with van der Waals surface area (Å²) in [6.07, 6.45) is 3.75. The Kier molecular flexibility index (Phi) is 6.32. The summed E-state index contributed by atoms with van der Waals surface area (Å²) in [6.45, 7) is 0. The van der Waals surface area contributed by atoms with Crippen LogP contribution < -0.4 is 5.32 Å². The van der Waals surface area contributed by atoms with Crippen molar-refractivity contribution in [2.75, 3.05) is 12.9 Å². The average molecular weight is 346 g/mol. The van der Waals surface area contributed by atoms with Crippen LogP contribution in [-0.2, 0) is 14.3 Å². The monoisotopic (exact) mass is 346 g/mol. The Bertz CT molecular complexity index is 693. The Morgan fingerprint density at radius 2 is 2.22 bits per heavy atom. The van der Waals surface area contributed by atoms with Crippen molar-refractivity contribution in [1.29, 1.82) is 5.26 Å². The molecule has 1 N–H and O–H groups in total. The Labute approximate surface area is 142 Å². The predicted molar refractivity (Wildman–Crippen MR) is 92.1 cm³/mol. The zero-order chi connectivity index (χ0) is 16.7. The fourth-order valence-corrected chi connectivity index (χ4v) is 3.95. The molecule has 0 aliphatic carbocycles. The standard InChI is InChI=1S/C16H14N2O3S2/c1-21-14(19)10-22-16-12(9-17)15(20)18-13(23-16)8-7-11-5-3-2-4-6-11/h2-8,13H,10H2,1H3,(H,18,20)/b8-7+. The molecule has 0 spiro atoms. The van der Waals surface area contributed by atoms with E-state index >= 15 is 0 Å². The van der Waals surface area contributed by atoms with Gasteiger partial charge in [0.2, 0.25) is 0 Å². The van der Waals surface area contributed by atoms with Crippen LogP contribution in [0.25, 0.3) is 6.08 Å². The highest BCUT2D eigenvalue weighted by atomic mass is 32.2. The summed E-state index contributed by atoms with van der Waals surface area (Å²) in [5.74, 6) is -0.768. The number of rotatable bonds is 5. The molecule has 1 aliphatic rings. The summed E-state index contributed by atoms with van der Waals surface area (Å²) >= 11 is 2.48. The SMILES string of the molecule is COC(=O)CSC1=C(C#N)C(=O)NC(/C=C/c2ccccc2)S1. The first-order valence-electron chi connectivity index (χ1n) is 6.69. The average Bonchev–Trinajstić information content (AvgIpc) is 2.58. The molecule has 2 rings (SSSR count). The van der Waals surface area contributed by atoms with Crippen LogP contribution in [0.15, 0.2) is 46.2 Å². The molecule has 0 saturated heterocycles. The highest BCUT2D eigenvalue weighted by molar-refractivity contribution is 8.23. The largest absolute Gasteiger partial charge is 0.468 e.